The first-order valence-electron chi connectivity index (χ1n) is 10.5. The number of dihydropyridines is 1. The van der Waals surface area contributed by atoms with Gasteiger partial charge in [-0.2, -0.15) is 0 Å². The number of Topliss-reactive ketones (excluding diaryl/α,β-unsaturated/α-hetero) is 1. The van der Waals surface area contributed by atoms with Crippen LogP contribution in [0.3, 0.4) is 0 Å². The molecule has 1 heterocycles. The molecule has 1 aromatic rings. The van der Waals surface area contributed by atoms with E-state index in [-0.39, 0.29) is 18.0 Å². The van der Waals surface area contributed by atoms with Crippen molar-refractivity contribution >= 4 is 11.8 Å². The van der Waals surface area contributed by atoms with Crippen LogP contribution in [0.5, 0.6) is 11.5 Å². The van der Waals surface area contributed by atoms with Crippen LogP contribution < -0.4 is 14.8 Å². The first-order chi connectivity index (χ1) is 14.2. The normalized spacial score (nSPS) is 19.1. The molecule has 1 aromatic carbocycles. The second-order valence-electron chi connectivity index (χ2n) is 8.30. The Labute approximate surface area is 178 Å². The fourth-order valence-electron chi connectivity index (χ4n) is 4.08. The number of ketones is 1. The molecule has 0 spiro atoms. The van der Waals surface area contributed by atoms with Gasteiger partial charge in [0.15, 0.2) is 17.3 Å². The Hall–Kier alpha value is -2.76. The summed E-state index contributed by atoms with van der Waals surface area (Å²) >= 11 is 0. The summed E-state index contributed by atoms with van der Waals surface area (Å²) in [5.41, 5.74) is 3.55. The minimum absolute atomic E-state index is 0.00316. The van der Waals surface area contributed by atoms with E-state index in [4.69, 9.17) is 14.2 Å². The summed E-state index contributed by atoms with van der Waals surface area (Å²) in [6, 6.07) is 5.60. The number of methoxy groups -OCH3 is 1. The van der Waals surface area contributed by atoms with Crippen LogP contribution in [0.2, 0.25) is 0 Å². The van der Waals surface area contributed by atoms with Gasteiger partial charge in [-0.1, -0.05) is 6.07 Å². The highest BCUT2D eigenvalue weighted by Gasteiger charge is 2.39. The van der Waals surface area contributed by atoms with Crippen LogP contribution in [-0.2, 0) is 14.3 Å². The van der Waals surface area contributed by atoms with Gasteiger partial charge >= 0.3 is 5.97 Å². The van der Waals surface area contributed by atoms with E-state index in [2.05, 4.69) is 5.32 Å². The monoisotopic (exact) mass is 413 g/mol. The van der Waals surface area contributed by atoms with E-state index in [0.717, 1.165) is 29.8 Å². The predicted molar refractivity (Wildman–Crippen MR) is 114 cm³/mol. The lowest BCUT2D eigenvalue weighted by Gasteiger charge is -2.34. The highest BCUT2D eigenvalue weighted by molar-refractivity contribution is 6.03. The van der Waals surface area contributed by atoms with Gasteiger partial charge in [0.25, 0.3) is 0 Å². The number of allylic oxidation sites excluding steroid dienone is 3. The summed E-state index contributed by atoms with van der Waals surface area (Å²) in [4.78, 5) is 26.0. The highest BCUT2D eigenvalue weighted by atomic mass is 16.5. The maximum absolute atomic E-state index is 13.0. The number of esters is 1. The molecule has 0 bridgehead atoms. The van der Waals surface area contributed by atoms with Gasteiger partial charge in [0.2, 0.25) is 0 Å². The number of ether oxygens (including phenoxy) is 3. The molecule has 1 unspecified atom stereocenters. The molecule has 0 fully saturated rings. The fraction of sp³-hybridized carbons (Fsp3) is 0.500. The summed E-state index contributed by atoms with van der Waals surface area (Å²) in [6.07, 6.45) is 1.81. The zero-order valence-electron chi connectivity index (χ0n) is 18.6. The summed E-state index contributed by atoms with van der Waals surface area (Å²) in [7, 11) is 1.58. The number of hydrogen-bond donors (Lipinski definition) is 1. The van der Waals surface area contributed by atoms with Gasteiger partial charge in [0, 0.05) is 29.3 Å². The van der Waals surface area contributed by atoms with Crippen molar-refractivity contribution in [3.05, 3.63) is 46.3 Å². The maximum atomic E-state index is 13.0. The Morgan fingerprint density at radius 1 is 1.10 bits per heavy atom. The van der Waals surface area contributed by atoms with Gasteiger partial charge in [-0.15, -0.1) is 0 Å². The average molecular weight is 414 g/mol. The average Bonchev–Trinajstić information content (AvgIpc) is 2.66. The number of carbonyl (C=O) groups excluding carboxylic acids is 2. The molecule has 162 valence electrons. The van der Waals surface area contributed by atoms with Crippen molar-refractivity contribution in [1.82, 2.24) is 5.32 Å². The molecule has 0 aromatic heterocycles. The topological polar surface area (TPSA) is 73.9 Å². The van der Waals surface area contributed by atoms with E-state index >= 15 is 0 Å². The maximum Gasteiger partial charge on any atom is 0.337 e. The number of nitrogens with one attached hydrogen (secondary N) is 1. The Morgan fingerprint density at radius 2 is 1.83 bits per heavy atom. The highest BCUT2D eigenvalue weighted by Crippen LogP contribution is 2.44. The summed E-state index contributed by atoms with van der Waals surface area (Å²) in [5, 5.41) is 3.30. The lowest BCUT2D eigenvalue weighted by Crippen LogP contribution is -2.35. The molecule has 1 aliphatic carbocycles. The smallest absolute Gasteiger partial charge is 0.337 e. The van der Waals surface area contributed by atoms with Gasteiger partial charge < -0.3 is 19.5 Å². The van der Waals surface area contributed by atoms with Crippen molar-refractivity contribution in [2.75, 3.05) is 7.11 Å². The van der Waals surface area contributed by atoms with E-state index < -0.39 is 11.9 Å². The van der Waals surface area contributed by atoms with E-state index in [9.17, 15) is 9.59 Å². The Morgan fingerprint density at radius 3 is 2.47 bits per heavy atom. The third kappa shape index (κ3) is 4.37. The molecule has 1 N–H and O–H groups in total. The van der Waals surface area contributed by atoms with Crippen molar-refractivity contribution in [1.29, 1.82) is 0 Å². The Kier molecular flexibility index (Phi) is 6.54. The standard InChI is InChI=1S/C24H31NO5/c1-13(2)29-19-11-10-16(12-20(19)28-6)22-21(24(27)30-14(3)4)15(5)25-17-8-7-9-18(26)23(17)22/h10-14,22,25H,7-9H2,1-6H3. The second kappa shape index (κ2) is 8.94. The number of hydrogen-bond acceptors (Lipinski definition) is 6. The molecule has 30 heavy (non-hydrogen) atoms. The van der Waals surface area contributed by atoms with Crippen LogP contribution in [0, 0.1) is 0 Å². The zero-order chi connectivity index (χ0) is 22.0. The van der Waals surface area contributed by atoms with Crippen LogP contribution in [0.1, 0.15) is 65.4 Å². The van der Waals surface area contributed by atoms with E-state index in [1.54, 1.807) is 7.11 Å². The zero-order valence-corrected chi connectivity index (χ0v) is 18.6. The fourth-order valence-corrected chi connectivity index (χ4v) is 4.08. The summed E-state index contributed by atoms with van der Waals surface area (Å²) in [5.74, 6) is 0.354. The molecule has 6 heteroatoms. The molecule has 3 rings (SSSR count). The largest absolute Gasteiger partial charge is 0.493 e. The predicted octanol–water partition coefficient (Wildman–Crippen LogP) is 4.40. The van der Waals surface area contributed by atoms with Crippen molar-refractivity contribution in [3.8, 4) is 11.5 Å². The molecular formula is C24H31NO5. The van der Waals surface area contributed by atoms with Crippen LogP contribution in [0.4, 0.5) is 0 Å². The molecule has 1 aliphatic heterocycles. The molecule has 2 aliphatic rings. The molecule has 0 amide bonds. The van der Waals surface area contributed by atoms with Gasteiger partial charge in [0.05, 0.1) is 24.9 Å². The summed E-state index contributed by atoms with van der Waals surface area (Å²) < 4.78 is 16.9. The van der Waals surface area contributed by atoms with E-state index in [1.807, 2.05) is 52.8 Å². The number of rotatable bonds is 6. The lowest BCUT2D eigenvalue weighted by atomic mass is 9.75. The van der Waals surface area contributed by atoms with E-state index in [0.29, 0.717) is 29.1 Å². The SMILES string of the molecule is COc1cc(C2C(C(=O)OC(C)C)=C(C)NC3=C2C(=O)CCC3)ccc1OC(C)C. The number of benzene rings is 1. The van der Waals surface area contributed by atoms with Crippen LogP contribution in [-0.4, -0.2) is 31.1 Å². The second-order valence-corrected chi connectivity index (χ2v) is 8.30. The molecular weight excluding hydrogens is 382 g/mol. The molecule has 0 saturated carbocycles. The summed E-state index contributed by atoms with van der Waals surface area (Å²) in [6.45, 7) is 9.39. The van der Waals surface area contributed by atoms with Crippen molar-refractivity contribution < 1.29 is 23.8 Å². The van der Waals surface area contributed by atoms with Crippen LogP contribution in [0.25, 0.3) is 0 Å². The third-order valence-electron chi connectivity index (χ3n) is 5.22. The van der Waals surface area contributed by atoms with Gasteiger partial charge in [-0.25, -0.2) is 4.79 Å². The lowest BCUT2D eigenvalue weighted by molar-refractivity contribution is -0.143. The first kappa shape index (κ1) is 21.9. The minimum atomic E-state index is -0.498. The van der Waals surface area contributed by atoms with Crippen molar-refractivity contribution in [2.24, 2.45) is 0 Å². The molecule has 0 saturated heterocycles. The Balaban J connectivity index is 2.14. The van der Waals surface area contributed by atoms with Gasteiger partial charge in [-0.3, -0.25) is 4.79 Å². The molecule has 6 nitrogen and oxygen atoms in total. The van der Waals surface area contributed by atoms with Gasteiger partial charge in [-0.05, 0) is 65.2 Å². The quantitative estimate of drug-likeness (QED) is 0.697. The Bertz CT molecular complexity index is 910. The van der Waals surface area contributed by atoms with Crippen molar-refractivity contribution in [3.63, 3.8) is 0 Å². The van der Waals surface area contributed by atoms with Crippen LogP contribution >= 0.6 is 0 Å². The molecule has 0 radical (unpaired) electrons. The third-order valence-corrected chi connectivity index (χ3v) is 5.22. The minimum Gasteiger partial charge on any atom is -0.493 e. The van der Waals surface area contributed by atoms with Crippen molar-refractivity contribution in [2.45, 2.75) is 72.0 Å². The van der Waals surface area contributed by atoms with E-state index in [1.165, 1.54) is 0 Å². The molecule has 1 atom stereocenters. The van der Waals surface area contributed by atoms with Crippen LogP contribution in [0.15, 0.2) is 40.7 Å². The van der Waals surface area contributed by atoms with Gasteiger partial charge in [0.1, 0.15) is 0 Å². The number of carbonyl (C=O) groups is 2. The first-order valence-corrected chi connectivity index (χ1v) is 10.5.